The largest absolute Gasteiger partial charge is 0.497 e. The van der Waals surface area contributed by atoms with Gasteiger partial charge in [0.1, 0.15) is 23.5 Å². The molecule has 0 fully saturated rings. The van der Waals surface area contributed by atoms with E-state index in [1.54, 1.807) is 13.2 Å². The molecule has 2 aromatic heterocycles. The molecule has 0 aliphatic carbocycles. The summed E-state index contributed by atoms with van der Waals surface area (Å²) in [5, 5.41) is 33.5. The Kier molecular flexibility index (Phi) is 5.97. The fraction of sp³-hybridized carbons (Fsp3) is 0.0909. The molecule has 9 nitrogen and oxygen atoms in total. The van der Waals surface area contributed by atoms with Crippen LogP contribution in [0.1, 0.15) is 17.0 Å². The van der Waals surface area contributed by atoms with Crippen molar-refractivity contribution in [3.8, 4) is 40.1 Å². The van der Waals surface area contributed by atoms with E-state index in [1.807, 2.05) is 48.5 Å². The Labute approximate surface area is 186 Å². The van der Waals surface area contributed by atoms with Gasteiger partial charge in [-0.15, -0.1) is 10.2 Å². The van der Waals surface area contributed by atoms with Crippen LogP contribution < -0.4 is 10.3 Å². The van der Waals surface area contributed by atoms with Gasteiger partial charge < -0.3 is 9.72 Å². The number of nitrogens with one attached hydrogen (secondary N) is 2. The molecule has 0 aliphatic heterocycles. The molecule has 0 saturated heterocycles. The molecular formula is C22H15N7O2S. The van der Waals surface area contributed by atoms with Gasteiger partial charge in [-0.2, -0.15) is 15.7 Å². The molecule has 4 aromatic rings. The van der Waals surface area contributed by atoms with Gasteiger partial charge in [-0.25, -0.2) is 0 Å². The SMILES string of the molecule is COc1ccc(-c2cccc(-c3c(C#N)c(SCc4nn[nH]n4)[nH]c(=O)c3C#N)c2)cc1. The second kappa shape index (κ2) is 9.16. The molecule has 0 atom stereocenters. The third-order valence-corrected chi connectivity index (χ3v) is 5.71. The maximum absolute atomic E-state index is 12.7. The number of hydrogen-bond acceptors (Lipinski definition) is 8. The van der Waals surface area contributed by atoms with Gasteiger partial charge in [0.2, 0.25) is 0 Å². The van der Waals surface area contributed by atoms with Crippen molar-refractivity contribution >= 4 is 11.8 Å². The maximum Gasteiger partial charge on any atom is 0.267 e. The minimum Gasteiger partial charge on any atom is -0.497 e. The highest BCUT2D eigenvalue weighted by atomic mass is 32.2. The Hall–Kier alpha value is -4.41. The van der Waals surface area contributed by atoms with Crippen LogP contribution in [0.4, 0.5) is 0 Å². The van der Waals surface area contributed by atoms with Crippen LogP contribution in [0.3, 0.4) is 0 Å². The number of pyridine rings is 1. The quantitative estimate of drug-likeness (QED) is 0.434. The molecule has 2 aromatic carbocycles. The zero-order valence-electron chi connectivity index (χ0n) is 16.8. The van der Waals surface area contributed by atoms with Crippen molar-refractivity contribution in [2.24, 2.45) is 0 Å². The van der Waals surface area contributed by atoms with E-state index in [4.69, 9.17) is 4.74 Å². The highest BCUT2D eigenvalue weighted by molar-refractivity contribution is 7.98. The number of nitrogens with zero attached hydrogens (tertiary/aromatic N) is 5. The van der Waals surface area contributed by atoms with Gasteiger partial charge >= 0.3 is 0 Å². The van der Waals surface area contributed by atoms with E-state index in [-0.39, 0.29) is 11.1 Å². The Morgan fingerprint density at radius 2 is 1.78 bits per heavy atom. The predicted molar refractivity (Wildman–Crippen MR) is 118 cm³/mol. The molecule has 0 unspecified atom stereocenters. The zero-order chi connectivity index (χ0) is 22.5. The van der Waals surface area contributed by atoms with Gasteiger partial charge in [0.15, 0.2) is 5.82 Å². The third kappa shape index (κ3) is 4.08. The molecule has 32 heavy (non-hydrogen) atoms. The average Bonchev–Trinajstić information content (AvgIpc) is 3.36. The van der Waals surface area contributed by atoms with Crippen molar-refractivity contribution in [2.45, 2.75) is 10.8 Å². The number of rotatable bonds is 6. The van der Waals surface area contributed by atoms with Gasteiger partial charge in [0.25, 0.3) is 5.56 Å². The van der Waals surface area contributed by atoms with E-state index < -0.39 is 5.56 Å². The molecular weight excluding hydrogens is 426 g/mol. The first-order valence-electron chi connectivity index (χ1n) is 9.35. The lowest BCUT2D eigenvalue weighted by atomic mass is 9.94. The van der Waals surface area contributed by atoms with Crippen molar-refractivity contribution in [2.75, 3.05) is 7.11 Å². The Morgan fingerprint density at radius 3 is 2.44 bits per heavy atom. The van der Waals surface area contributed by atoms with Gasteiger partial charge in [-0.1, -0.05) is 47.3 Å². The second-order valence-electron chi connectivity index (χ2n) is 6.56. The first kappa shape index (κ1) is 20.8. The summed E-state index contributed by atoms with van der Waals surface area (Å²) in [7, 11) is 1.60. The summed E-state index contributed by atoms with van der Waals surface area (Å²) in [4.78, 5) is 15.3. The van der Waals surface area contributed by atoms with Crippen molar-refractivity contribution < 1.29 is 4.74 Å². The molecule has 0 amide bonds. The zero-order valence-corrected chi connectivity index (χ0v) is 17.6. The molecule has 0 bridgehead atoms. The molecule has 4 rings (SSSR count). The smallest absolute Gasteiger partial charge is 0.267 e. The summed E-state index contributed by atoms with van der Waals surface area (Å²) in [5.41, 5.74) is 2.23. The van der Waals surface area contributed by atoms with Crippen LogP contribution in [-0.4, -0.2) is 32.7 Å². The highest BCUT2D eigenvalue weighted by Gasteiger charge is 2.20. The second-order valence-corrected chi connectivity index (χ2v) is 7.54. The van der Waals surface area contributed by atoms with Gasteiger partial charge in [0, 0.05) is 5.56 Å². The molecule has 2 N–H and O–H groups in total. The number of aromatic nitrogens is 5. The fourth-order valence-corrected chi connectivity index (χ4v) is 4.06. The lowest BCUT2D eigenvalue weighted by Crippen LogP contribution is -2.15. The monoisotopic (exact) mass is 441 g/mol. The summed E-state index contributed by atoms with van der Waals surface area (Å²) in [5.74, 6) is 1.45. The fourth-order valence-electron chi connectivity index (χ4n) is 3.21. The van der Waals surface area contributed by atoms with Crippen LogP contribution in [-0.2, 0) is 5.75 Å². The number of nitriles is 2. The predicted octanol–water partition coefficient (Wildman–Crippen LogP) is 3.27. The van der Waals surface area contributed by atoms with Crippen molar-refractivity contribution in [3.63, 3.8) is 0 Å². The number of aromatic amines is 2. The van der Waals surface area contributed by atoms with Crippen LogP contribution >= 0.6 is 11.8 Å². The Balaban J connectivity index is 1.82. The van der Waals surface area contributed by atoms with E-state index in [2.05, 4.69) is 31.7 Å². The first-order chi connectivity index (χ1) is 15.6. The van der Waals surface area contributed by atoms with Crippen LogP contribution in [0, 0.1) is 22.7 Å². The molecule has 0 aliphatic rings. The number of hydrogen-bond donors (Lipinski definition) is 2. The summed E-state index contributed by atoms with van der Waals surface area (Å²) in [6.45, 7) is 0. The van der Waals surface area contributed by atoms with Crippen molar-refractivity contribution in [1.29, 1.82) is 10.5 Å². The number of benzene rings is 2. The first-order valence-corrected chi connectivity index (χ1v) is 10.3. The number of thioether (sulfide) groups is 1. The summed E-state index contributed by atoms with van der Waals surface area (Å²) in [6, 6.07) is 19.0. The van der Waals surface area contributed by atoms with Gasteiger partial charge in [-0.3, -0.25) is 4.79 Å². The van der Waals surface area contributed by atoms with E-state index >= 15 is 0 Å². The summed E-state index contributed by atoms with van der Waals surface area (Å²) in [6.07, 6.45) is 0. The van der Waals surface area contributed by atoms with Crippen LogP contribution in [0.15, 0.2) is 58.4 Å². The normalized spacial score (nSPS) is 10.3. The average molecular weight is 441 g/mol. The van der Waals surface area contributed by atoms with Crippen LogP contribution in [0.25, 0.3) is 22.3 Å². The van der Waals surface area contributed by atoms with Crippen molar-refractivity contribution in [3.05, 3.63) is 75.8 Å². The molecule has 0 saturated carbocycles. The lowest BCUT2D eigenvalue weighted by Gasteiger charge is -2.12. The summed E-state index contributed by atoms with van der Waals surface area (Å²) < 4.78 is 5.21. The molecule has 156 valence electrons. The topological polar surface area (TPSA) is 144 Å². The number of methoxy groups -OCH3 is 1. The number of H-pyrrole nitrogens is 2. The van der Waals surface area contributed by atoms with Gasteiger partial charge in [0.05, 0.1) is 23.5 Å². The Morgan fingerprint density at radius 1 is 1.03 bits per heavy atom. The van der Waals surface area contributed by atoms with Gasteiger partial charge in [-0.05, 0) is 34.9 Å². The maximum atomic E-state index is 12.7. The Bertz CT molecular complexity index is 1400. The molecule has 10 heteroatoms. The number of tetrazole rings is 1. The van der Waals surface area contributed by atoms with E-state index in [9.17, 15) is 15.3 Å². The molecule has 0 radical (unpaired) electrons. The minimum absolute atomic E-state index is 0.114. The molecule has 2 heterocycles. The van der Waals surface area contributed by atoms with Crippen LogP contribution in [0.2, 0.25) is 0 Å². The van der Waals surface area contributed by atoms with Crippen LogP contribution in [0.5, 0.6) is 5.75 Å². The minimum atomic E-state index is -0.563. The lowest BCUT2D eigenvalue weighted by molar-refractivity contribution is 0.415. The standard InChI is InChI=1S/C22H15N7O2S/c1-31-16-7-5-13(6-8-16)14-3-2-4-15(9-14)20-17(10-23)21(30)25-22(18(20)11-24)32-12-19-26-28-29-27-19/h2-9H,12H2,1H3,(H,25,30)(H,26,27,28,29). The number of ether oxygens (including phenoxy) is 1. The third-order valence-electron chi connectivity index (χ3n) is 4.71. The summed E-state index contributed by atoms with van der Waals surface area (Å²) >= 11 is 1.19. The highest BCUT2D eigenvalue weighted by Crippen LogP contribution is 2.34. The van der Waals surface area contributed by atoms with E-state index in [0.29, 0.717) is 27.7 Å². The molecule has 0 spiro atoms. The van der Waals surface area contributed by atoms with Crippen molar-refractivity contribution in [1.82, 2.24) is 25.6 Å². The van der Waals surface area contributed by atoms with E-state index in [0.717, 1.165) is 16.9 Å². The van der Waals surface area contributed by atoms with E-state index in [1.165, 1.54) is 11.8 Å².